The molecule has 0 unspecified atom stereocenters. The molecule has 0 aromatic heterocycles. The second kappa shape index (κ2) is 7.90. The molecule has 1 rings (SSSR count). The van der Waals surface area contributed by atoms with Crippen molar-refractivity contribution in [2.45, 2.75) is 54.4 Å². The summed E-state index contributed by atoms with van der Waals surface area (Å²) in [4.78, 5) is 23.6. The van der Waals surface area contributed by atoms with Gasteiger partial charge in [0.1, 0.15) is 0 Å². The van der Waals surface area contributed by atoms with E-state index in [1.165, 1.54) is 5.56 Å². The molecule has 1 aromatic rings. The van der Waals surface area contributed by atoms with Gasteiger partial charge in [-0.1, -0.05) is 26.8 Å². The zero-order valence-corrected chi connectivity index (χ0v) is 14.9. The first-order valence-electron chi connectivity index (χ1n) is 7.80. The number of anilines is 1. The van der Waals surface area contributed by atoms with Gasteiger partial charge in [0.05, 0.1) is 0 Å². The van der Waals surface area contributed by atoms with Gasteiger partial charge < -0.3 is 5.32 Å². The average molecular weight is 317 g/mol. The first-order valence-corrected chi connectivity index (χ1v) is 7.80. The number of nitrogens with one attached hydrogen (secondary N) is 2. The standard InChI is InChI=1S/C18H27N3O2/c1-12-7-8-15(11-13(12)2)19-16(22)9-10-17(23)21-20-14(3)18(4,5)6/h7-8,11H,9-10H2,1-6H3,(H,19,22)(H,21,23)/b20-14+. The zero-order valence-electron chi connectivity index (χ0n) is 14.9. The van der Waals surface area contributed by atoms with E-state index in [4.69, 9.17) is 0 Å². The number of benzene rings is 1. The maximum absolute atomic E-state index is 11.9. The Morgan fingerprint density at radius 3 is 2.22 bits per heavy atom. The molecule has 0 saturated carbocycles. The molecule has 2 N–H and O–H groups in total. The highest BCUT2D eigenvalue weighted by Gasteiger charge is 2.15. The molecule has 0 heterocycles. The average Bonchev–Trinajstić information content (AvgIpc) is 2.45. The lowest BCUT2D eigenvalue weighted by atomic mass is 9.91. The molecule has 2 amide bonds. The topological polar surface area (TPSA) is 70.6 Å². The first-order chi connectivity index (χ1) is 10.6. The van der Waals surface area contributed by atoms with E-state index in [2.05, 4.69) is 15.8 Å². The number of amides is 2. The van der Waals surface area contributed by atoms with Crippen LogP contribution >= 0.6 is 0 Å². The predicted octanol–water partition coefficient (Wildman–Crippen LogP) is 3.56. The van der Waals surface area contributed by atoms with Crippen molar-refractivity contribution in [3.8, 4) is 0 Å². The number of hydrogen-bond acceptors (Lipinski definition) is 3. The number of nitrogens with zero attached hydrogens (tertiary/aromatic N) is 1. The summed E-state index contributed by atoms with van der Waals surface area (Å²) in [6, 6.07) is 5.74. The minimum atomic E-state index is -0.260. The molecule has 0 atom stereocenters. The Hall–Kier alpha value is -2.17. The predicted molar refractivity (Wildman–Crippen MR) is 94.5 cm³/mol. The molecule has 5 nitrogen and oxygen atoms in total. The lowest BCUT2D eigenvalue weighted by Crippen LogP contribution is -2.25. The Bertz CT molecular complexity index is 613. The zero-order chi connectivity index (χ0) is 17.6. The SMILES string of the molecule is C/C(=N\NC(=O)CCC(=O)Nc1ccc(C)c(C)c1)C(C)(C)C. The Labute approximate surface area is 138 Å². The van der Waals surface area contributed by atoms with Crippen LogP contribution in [0.1, 0.15) is 51.7 Å². The molecule has 23 heavy (non-hydrogen) atoms. The van der Waals surface area contributed by atoms with Crippen molar-refractivity contribution in [1.29, 1.82) is 0 Å². The summed E-state index contributed by atoms with van der Waals surface area (Å²) in [7, 11) is 0. The third-order valence-electron chi connectivity index (χ3n) is 3.80. The number of rotatable bonds is 5. The molecule has 126 valence electrons. The quantitative estimate of drug-likeness (QED) is 0.644. The van der Waals surface area contributed by atoms with E-state index >= 15 is 0 Å². The van der Waals surface area contributed by atoms with Crippen LogP contribution in [0, 0.1) is 19.3 Å². The van der Waals surface area contributed by atoms with Crippen molar-refractivity contribution in [3.63, 3.8) is 0 Å². The first kappa shape index (κ1) is 18.9. The van der Waals surface area contributed by atoms with Gasteiger partial charge in [-0.2, -0.15) is 5.10 Å². The van der Waals surface area contributed by atoms with Crippen LogP contribution in [0.5, 0.6) is 0 Å². The van der Waals surface area contributed by atoms with Crippen LogP contribution < -0.4 is 10.7 Å². The highest BCUT2D eigenvalue weighted by atomic mass is 16.2. The highest BCUT2D eigenvalue weighted by molar-refractivity contribution is 5.93. The van der Waals surface area contributed by atoms with Crippen molar-refractivity contribution in [1.82, 2.24) is 5.43 Å². The van der Waals surface area contributed by atoms with Crippen molar-refractivity contribution in [2.24, 2.45) is 10.5 Å². The number of aryl methyl sites for hydroxylation is 2. The van der Waals surface area contributed by atoms with Crippen LogP contribution in [0.4, 0.5) is 5.69 Å². The molecule has 0 saturated heterocycles. The van der Waals surface area contributed by atoms with Gasteiger partial charge in [-0.15, -0.1) is 0 Å². The van der Waals surface area contributed by atoms with Gasteiger partial charge >= 0.3 is 0 Å². The second-order valence-electron chi connectivity index (χ2n) is 6.83. The van der Waals surface area contributed by atoms with Gasteiger partial charge in [-0.25, -0.2) is 5.43 Å². The summed E-state index contributed by atoms with van der Waals surface area (Å²) in [5.41, 5.74) is 6.29. The van der Waals surface area contributed by atoms with Gasteiger partial charge in [0, 0.05) is 29.7 Å². The molecule has 0 spiro atoms. The number of hydrogen-bond donors (Lipinski definition) is 2. The van der Waals surface area contributed by atoms with Crippen LogP contribution in [-0.2, 0) is 9.59 Å². The lowest BCUT2D eigenvalue weighted by molar-refractivity contribution is -0.124. The summed E-state index contributed by atoms with van der Waals surface area (Å²) in [5.74, 6) is -0.441. The normalized spacial score (nSPS) is 12.0. The fourth-order valence-corrected chi connectivity index (χ4v) is 1.64. The Balaban J connectivity index is 2.44. The van der Waals surface area contributed by atoms with Gasteiger partial charge in [0.15, 0.2) is 0 Å². The van der Waals surface area contributed by atoms with Crippen molar-refractivity contribution >= 4 is 23.2 Å². The van der Waals surface area contributed by atoms with Gasteiger partial charge in [-0.3, -0.25) is 9.59 Å². The Morgan fingerprint density at radius 2 is 1.65 bits per heavy atom. The Kier molecular flexibility index (Phi) is 6.49. The van der Waals surface area contributed by atoms with E-state index in [0.29, 0.717) is 0 Å². The van der Waals surface area contributed by atoms with E-state index in [1.807, 2.05) is 59.7 Å². The van der Waals surface area contributed by atoms with Crippen molar-refractivity contribution in [2.75, 3.05) is 5.32 Å². The highest BCUT2D eigenvalue weighted by Crippen LogP contribution is 2.15. The van der Waals surface area contributed by atoms with Crippen LogP contribution in [0.25, 0.3) is 0 Å². The van der Waals surface area contributed by atoms with Gasteiger partial charge in [0.25, 0.3) is 0 Å². The van der Waals surface area contributed by atoms with Gasteiger partial charge in [-0.05, 0) is 44.0 Å². The maximum Gasteiger partial charge on any atom is 0.240 e. The van der Waals surface area contributed by atoms with E-state index in [1.54, 1.807) is 0 Å². The molecule has 5 heteroatoms. The summed E-state index contributed by atoms with van der Waals surface area (Å²) in [6.45, 7) is 11.9. The number of carbonyl (C=O) groups excluding carboxylic acids is 2. The number of hydrazone groups is 1. The van der Waals surface area contributed by atoms with Gasteiger partial charge in [0.2, 0.25) is 11.8 Å². The molecule has 0 bridgehead atoms. The molecule has 1 aromatic carbocycles. The number of carbonyl (C=O) groups is 2. The van der Waals surface area contributed by atoms with Crippen LogP contribution in [-0.4, -0.2) is 17.5 Å². The molecule has 0 aliphatic rings. The minimum Gasteiger partial charge on any atom is -0.326 e. The van der Waals surface area contributed by atoms with E-state index < -0.39 is 0 Å². The molecule has 0 aliphatic carbocycles. The third-order valence-corrected chi connectivity index (χ3v) is 3.80. The second-order valence-corrected chi connectivity index (χ2v) is 6.83. The molecule has 0 radical (unpaired) electrons. The fraction of sp³-hybridized carbons (Fsp3) is 0.500. The van der Waals surface area contributed by atoms with Crippen LogP contribution in [0.3, 0.4) is 0 Å². The minimum absolute atomic E-state index is 0.0893. The van der Waals surface area contributed by atoms with Crippen molar-refractivity contribution < 1.29 is 9.59 Å². The van der Waals surface area contributed by atoms with E-state index in [0.717, 1.165) is 17.0 Å². The third kappa shape index (κ3) is 6.63. The summed E-state index contributed by atoms with van der Waals surface area (Å²) in [5, 5.41) is 6.86. The summed E-state index contributed by atoms with van der Waals surface area (Å²) >= 11 is 0. The van der Waals surface area contributed by atoms with E-state index in [-0.39, 0.29) is 30.1 Å². The summed E-state index contributed by atoms with van der Waals surface area (Å²) in [6.07, 6.45) is 0.237. The van der Waals surface area contributed by atoms with Crippen LogP contribution in [0.2, 0.25) is 0 Å². The molecular weight excluding hydrogens is 290 g/mol. The monoisotopic (exact) mass is 317 g/mol. The lowest BCUT2D eigenvalue weighted by Gasteiger charge is -2.17. The molecular formula is C18H27N3O2. The van der Waals surface area contributed by atoms with Crippen LogP contribution in [0.15, 0.2) is 23.3 Å². The molecule has 0 aliphatic heterocycles. The van der Waals surface area contributed by atoms with E-state index in [9.17, 15) is 9.59 Å². The molecule has 0 fully saturated rings. The largest absolute Gasteiger partial charge is 0.326 e. The summed E-state index contributed by atoms with van der Waals surface area (Å²) < 4.78 is 0. The smallest absolute Gasteiger partial charge is 0.240 e. The fourth-order valence-electron chi connectivity index (χ4n) is 1.64. The van der Waals surface area contributed by atoms with Crippen molar-refractivity contribution in [3.05, 3.63) is 29.3 Å². The Morgan fingerprint density at radius 1 is 1.04 bits per heavy atom. The maximum atomic E-state index is 11.9.